The highest BCUT2D eigenvalue weighted by Gasteiger charge is 2.05. The van der Waals surface area contributed by atoms with E-state index in [0.717, 1.165) is 12.1 Å². The Hall–Kier alpha value is -2.20. The Bertz CT molecular complexity index is 396. The zero-order valence-electron chi connectivity index (χ0n) is 6.38. The third-order valence-electron chi connectivity index (χ3n) is 1.37. The first-order valence-electron chi connectivity index (χ1n) is 3.26. The summed E-state index contributed by atoms with van der Waals surface area (Å²) < 4.78 is 0. The Morgan fingerprint density at radius 1 is 1.54 bits per heavy atom. The average molecular weight is 179 g/mol. The molecule has 0 amide bonds. The van der Waals surface area contributed by atoms with Gasteiger partial charge >= 0.3 is 5.97 Å². The number of rotatable bonds is 2. The Labute approximate surface area is 72.7 Å². The molecule has 0 radical (unpaired) electrons. The van der Waals surface area contributed by atoms with Crippen LogP contribution in [0.15, 0.2) is 23.3 Å². The normalized spacial score (nSPS) is 8.92. The number of carboxylic acid groups (broad SMARTS) is 1. The van der Waals surface area contributed by atoms with Crippen LogP contribution in [-0.2, 0) is 0 Å². The molecule has 66 valence electrons. The maximum absolute atomic E-state index is 10.5. The summed E-state index contributed by atoms with van der Waals surface area (Å²) in [5.41, 5.74) is 7.94. The highest BCUT2D eigenvalue weighted by Crippen LogP contribution is 2.27. The van der Waals surface area contributed by atoms with E-state index in [4.69, 9.17) is 15.7 Å². The molecule has 0 unspecified atom stereocenters. The van der Waals surface area contributed by atoms with Crippen molar-refractivity contribution in [3.05, 3.63) is 34.2 Å². The largest absolute Gasteiger partial charge is 0.507 e. The molecule has 0 aliphatic carbocycles. The zero-order chi connectivity index (χ0) is 9.84. The van der Waals surface area contributed by atoms with Crippen molar-refractivity contribution in [2.24, 2.45) is 5.11 Å². The third kappa shape index (κ3) is 1.88. The molecular weight excluding hydrogens is 174 g/mol. The number of azide groups is 1. The van der Waals surface area contributed by atoms with Crippen LogP contribution in [-0.4, -0.2) is 16.2 Å². The Balaban J connectivity index is 3.26. The number of phenols is 1. The molecule has 0 aliphatic heterocycles. The van der Waals surface area contributed by atoms with E-state index in [-0.39, 0.29) is 17.0 Å². The monoisotopic (exact) mass is 179 g/mol. The number of phenolic OH excluding ortho intramolecular Hbond substituents is 1. The van der Waals surface area contributed by atoms with Gasteiger partial charge in [0.2, 0.25) is 0 Å². The van der Waals surface area contributed by atoms with Gasteiger partial charge in [0, 0.05) is 4.91 Å². The van der Waals surface area contributed by atoms with Crippen LogP contribution in [0.25, 0.3) is 10.4 Å². The summed E-state index contributed by atoms with van der Waals surface area (Å²) in [6, 6.07) is 3.47. The van der Waals surface area contributed by atoms with Crippen LogP contribution in [0.4, 0.5) is 5.69 Å². The summed E-state index contributed by atoms with van der Waals surface area (Å²) in [5.74, 6) is -1.39. The smallest absolute Gasteiger partial charge is 0.335 e. The minimum atomic E-state index is -1.14. The van der Waals surface area contributed by atoms with E-state index in [2.05, 4.69) is 10.0 Å². The maximum atomic E-state index is 10.5. The van der Waals surface area contributed by atoms with Crippen LogP contribution in [0.3, 0.4) is 0 Å². The molecular formula is C7H5N3O3. The lowest BCUT2D eigenvalue weighted by Crippen LogP contribution is -1.94. The molecule has 0 fully saturated rings. The molecule has 6 nitrogen and oxygen atoms in total. The summed E-state index contributed by atoms with van der Waals surface area (Å²) in [4.78, 5) is 12.9. The van der Waals surface area contributed by atoms with Gasteiger partial charge in [-0.3, -0.25) is 0 Å². The lowest BCUT2D eigenvalue weighted by Gasteiger charge is -1.98. The fourth-order valence-corrected chi connectivity index (χ4v) is 0.785. The Morgan fingerprint density at radius 3 is 2.77 bits per heavy atom. The molecule has 6 heteroatoms. The van der Waals surface area contributed by atoms with Crippen LogP contribution in [0, 0.1) is 0 Å². The van der Waals surface area contributed by atoms with Gasteiger partial charge in [0.1, 0.15) is 5.75 Å². The Morgan fingerprint density at radius 2 is 2.23 bits per heavy atom. The first kappa shape index (κ1) is 8.89. The quantitative estimate of drug-likeness (QED) is 0.412. The fourth-order valence-electron chi connectivity index (χ4n) is 0.785. The molecule has 0 atom stereocenters. The van der Waals surface area contributed by atoms with Crippen molar-refractivity contribution in [3.8, 4) is 5.75 Å². The molecule has 0 spiro atoms. The van der Waals surface area contributed by atoms with E-state index in [1.54, 1.807) is 0 Å². The van der Waals surface area contributed by atoms with Crippen molar-refractivity contribution in [2.45, 2.75) is 0 Å². The summed E-state index contributed by atoms with van der Waals surface area (Å²) in [5, 5.41) is 20.8. The molecule has 0 bridgehead atoms. The van der Waals surface area contributed by atoms with Crippen LogP contribution in [0.2, 0.25) is 0 Å². The summed E-state index contributed by atoms with van der Waals surface area (Å²) in [7, 11) is 0. The molecule has 2 N–H and O–H groups in total. The average Bonchev–Trinajstić information content (AvgIpc) is 2.08. The third-order valence-corrected chi connectivity index (χ3v) is 1.37. The second kappa shape index (κ2) is 3.46. The molecule has 13 heavy (non-hydrogen) atoms. The summed E-state index contributed by atoms with van der Waals surface area (Å²) in [6.07, 6.45) is 0. The van der Waals surface area contributed by atoms with Crippen LogP contribution < -0.4 is 0 Å². The number of hydrogen-bond donors (Lipinski definition) is 2. The van der Waals surface area contributed by atoms with Crippen molar-refractivity contribution in [1.82, 2.24) is 0 Å². The van der Waals surface area contributed by atoms with Gasteiger partial charge in [-0.1, -0.05) is 5.11 Å². The molecule has 1 aromatic rings. The summed E-state index contributed by atoms with van der Waals surface area (Å²) >= 11 is 0. The predicted octanol–water partition coefficient (Wildman–Crippen LogP) is 2.03. The van der Waals surface area contributed by atoms with Gasteiger partial charge in [0.05, 0.1) is 11.3 Å². The molecule has 1 aromatic carbocycles. The SMILES string of the molecule is [N-]=[N+]=Nc1cc(C(=O)O)ccc1O. The predicted molar refractivity (Wildman–Crippen MR) is 43.9 cm³/mol. The lowest BCUT2D eigenvalue weighted by atomic mass is 10.2. The van der Waals surface area contributed by atoms with E-state index in [9.17, 15) is 4.79 Å². The highest BCUT2D eigenvalue weighted by molar-refractivity contribution is 5.89. The van der Waals surface area contributed by atoms with E-state index in [0.29, 0.717) is 0 Å². The number of hydrogen-bond acceptors (Lipinski definition) is 3. The maximum Gasteiger partial charge on any atom is 0.335 e. The van der Waals surface area contributed by atoms with Crippen LogP contribution in [0.1, 0.15) is 10.4 Å². The van der Waals surface area contributed by atoms with Gasteiger partial charge in [-0.15, -0.1) is 0 Å². The lowest BCUT2D eigenvalue weighted by molar-refractivity contribution is 0.0697. The Kier molecular flexibility index (Phi) is 2.37. The van der Waals surface area contributed by atoms with Gasteiger partial charge in [-0.2, -0.15) is 0 Å². The van der Waals surface area contributed by atoms with Gasteiger partial charge in [-0.05, 0) is 23.7 Å². The van der Waals surface area contributed by atoms with Crippen LogP contribution in [0.5, 0.6) is 5.75 Å². The molecule has 0 saturated carbocycles. The molecule has 0 aliphatic rings. The number of nitrogens with zero attached hydrogens (tertiary/aromatic N) is 3. The molecule has 0 heterocycles. The molecule has 0 saturated heterocycles. The van der Waals surface area contributed by atoms with Crippen molar-refractivity contribution in [3.63, 3.8) is 0 Å². The number of aromatic hydroxyl groups is 1. The summed E-state index contributed by atoms with van der Waals surface area (Å²) in [6.45, 7) is 0. The standard InChI is InChI=1S/C7H5N3O3/c8-10-9-5-3-4(7(12)13)1-2-6(5)11/h1-3,11H,(H,12,13). The van der Waals surface area contributed by atoms with Crippen LogP contribution >= 0.6 is 0 Å². The highest BCUT2D eigenvalue weighted by atomic mass is 16.4. The number of carbonyl (C=O) groups is 1. The van der Waals surface area contributed by atoms with Crippen molar-refractivity contribution in [2.75, 3.05) is 0 Å². The number of benzene rings is 1. The zero-order valence-corrected chi connectivity index (χ0v) is 6.38. The van der Waals surface area contributed by atoms with Crippen molar-refractivity contribution < 1.29 is 15.0 Å². The minimum absolute atomic E-state index is 0.0415. The second-order valence-corrected chi connectivity index (χ2v) is 2.20. The van der Waals surface area contributed by atoms with E-state index in [1.165, 1.54) is 6.07 Å². The van der Waals surface area contributed by atoms with E-state index in [1.807, 2.05) is 0 Å². The fraction of sp³-hybridized carbons (Fsp3) is 0. The first-order valence-corrected chi connectivity index (χ1v) is 3.26. The topological polar surface area (TPSA) is 106 Å². The van der Waals surface area contributed by atoms with Crippen molar-refractivity contribution in [1.29, 1.82) is 0 Å². The first-order chi connectivity index (χ1) is 6.15. The van der Waals surface area contributed by atoms with Gasteiger partial charge in [0.25, 0.3) is 0 Å². The van der Waals surface area contributed by atoms with Gasteiger partial charge in [-0.25, -0.2) is 4.79 Å². The van der Waals surface area contributed by atoms with E-state index >= 15 is 0 Å². The number of carboxylic acids is 1. The molecule has 0 aromatic heterocycles. The van der Waals surface area contributed by atoms with Gasteiger partial charge in [0.15, 0.2) is 0 Å². The minimum Gasteiger partial charge on any atom is -0.507 e. The van der Waals surface area contributed by atoms with E-state index < -0.39 is 5.97 Å². The molecule has 1 rings (SSSR count). The number of aromatic carboxylic acids is 1. The van der Waals surface area contributed by atoms with Gasteiger partial charge < -0.3 is 10.2 Å². The van der Waals surface area contributed by atoms with Crippen molar-refractivity contribution >= 4 is 11.7 Å². The second-order valence-electron chi connectivity index (χ2n) is 2.20.